The van der Waals surface area contributed by atoms with Gasteiger partial charge in [-0.25, -0.2) is 0 Å². The molecule has 1 heterocycles. The molecule has 0 aliphatic heterocycles. The second kappa shape index (κ2) is 5.90. The van der Waals surface area contributed by atoms with Crippen LogP contribution in [0.3, 0.4) is 0 Å². The Hall–Kier alpha value is -2.75. The Morgan fingerprint density at radius 1 is 0.846 bits per heavy atom. The van der Waals surface area contributed by atoms with E-state index >= 15 is 0 Å². The summed E-state index contributed by atoms with van der Waals surface area (Å²) >= 11 is 0. The van der Waals surface area contributed by atoms with Gasteiger partial charge in [0.05, 0.1) is 0 Å². The number of H-pyrrole nitrogens is 1. The summed E-state index contributed by atoms with van der Waals surface area (Å²) in [6.45, 7) is 9.40. The van der Waals surface area contributed by atoms with Gasteiger partial charge in [0.1, 0.15) is 0 Å². The first-order valence-electron chi connectivity index (χ1n) is 9.02. The van der Waals surface area contributed by atoms with Gasteiger partial charge in [-0.3, -0.25) is 0 Å². The highest BCUT2D eigenvalue weighted by Gasteiger charge is 2.41. The standard InChI is InChI=1S/C22H24N4/c1-21(2)14-22(3,4)19-13-16(9-12-18(19)21)6-5-15-7-10-17(11-8-15)20-23-25-26-24-20/h5-13H,14H2,1-4H3,(H,23,24,25,26). The molecule has 4 nitrogen and oxygen atoms in total. The predicted molar refractivity (Wildman–Crippen MR) is 106 cm³/mol. The fraction of sp³-hybridized carbons (Fsp3) is 0.318. The van der Waals surface area contributed by atoms with Gasteiger partial charge in [0.25, 0.3) is 0 Å². The van der Waals surface area contributed by atoms with E-state index in [9.17, 15) is 0 Å². The molecule has 0 fully saturated rings. The summed E-state index contributed by atoms with van der Waals surface area (Å²) < 4.78 is 0. The number of rotatable bonds is 3. The van der Waals surface area contributed by atoms with Gasteiger partial charge in [-0.1, -0.05) is 82.3 Å². The minimum absolute atomic E-state index is 0.231. The zero-order chi connectivity index (χ0) is 18.4. The molecular weight excluding hydrogens is 320 g/mol. The molecule has 1 aromatic heterocycles. The maximum absolute atomic E-state index is 4.00. The van der Waals surface area contributed by atoms with Crippen molar-refractivity contribution in [1.29, 1.82) is 0 Å². The van der Waals surface area contributed by atoms with E-state index in [0.717, 1.165) is 11.1 Å². The van der Waals surface area contributed by atoms with Gasteiger partial charge in [0.2, 0.25) is 5.82 Å². The molecule has 0 amide bonds. The second-order valence-corrected chi connectivity index (χ2v) is 8.44. The van der Waals surface area contributed by atoms with Crippen molar-refractivity contribution in [3.8, 4) is 11.4 Å². The Bertz CT molecular complexity index is 948. The minimum atomic E-state index is 0.231. The molecule has 3 aromatic rings. The number of tetrazole rings is 1. The van der Waals surface area contributed by atoms with Gasteiger partial charge < -0.3 is 0 Å². The van der Waals surface area contributed by atoms with Crippen LogP contribution < -0.4 is 0 Å². The molecule has 1 aliphatic rings. The van der Waals surface area contributed by atoms with Gasteiger partial charge in [-0.05, 0) is 44.7 Å². The summed E-state index contributed by atoms with van der Waals surface area (Å²) in [7, 11) is 0. The highest BCUT2D eigenvalue weighted by molar-refractivity contribution is 5.72. The molecule has 1 N–H and O–H groups in total. The largest absolute Gasteiger partial charge is 0.204 e. The molecule has 4 rings (SSSR count). The average Bonchev–Trinajstić information content (AvgIpc) is 3.19. The fourth-order valence-corrected chi connectivity index (χ4v) is 4.33. The average molecular weight is 344 g/mol. The minimum Gasteiger partial charge on any atom is -0.177 e. The third-order valence-corrected chi connectivity index (χ3v) is 5.37. The SMILES string of the molecule is CC1(C)CC(C)(C)c2cc(C=Cc3ccc(-c4nn[nH]n4)cc3)ccc21. The number of fused-ring (bicyclic) bond motifs is 1. The Morgan fingerprint density at radius 2 is 1.50 bits per heavy atom. The van der Waals surface area contributed by atoms with Crippen molar-refractivity contribution in [2.24, 2.45) is 0 Å². The van der Waals surface area contributed by atoms with E-state index in [4.69, 9.17) is 0 Å². The third-order valence-electron chi connectivity index (χ3n) is 5.37. The van der Waals surface area contributed by atoms with Crippen LogP contribution in [0.25, 0.3) is 23.5 Å². The molecule has 4 heteroatoms. The highest BCUT2D eigenvalue weighted by atomic mass is 15.5. The number of hydrogen-bond donors (Lipinski definition) is 1. The van der Waals surface area contributed by atoms with Crippen LogP contribution in [-0.4, -0.2) is 20.6 Å². The molecule has 0 saturated heterocycles. The normalized spacial score (nSPS) is 17.5. The maximum atomic E-state index is 4.00. The number of aromatic amines is 1. The molecule has 0 bridgehead atoms. The fourth-order valence-electron chi connectivity index (χ4n) is 4.33. The molecule has 132 valence electrons. The smallest absolute Gasteiger partial charge is 0.177 e. The van der Waals surface area contributed by atoms with Crippen LogP contribution in [0, 0.1) is 0 Å². The van der Waals surface area contributed by atoms with Crippen molar-refractivity contribution in [3.63, 3.8) is 0 Å². The number of aromatic nitrogens is 4. The van der Waals surface area contributed by atoms with Crippen molar-refractivity contribution < 1.29 is 0 Å². The van der Waals surface area contributed by atoms with E-state index in [1.807, 2.05) is 12.1 Å². The van der Waals surface area contributed by atoms with Crippen LogP contribution >= 0.6 is 0 Å². The first-order valence-corrected chi connectivity index (χ1v) is 9.02. The molecule has 0 radical (unpaired) electrons. The van der Waals surface area contributed by atoms with E-state index in [1.54, 1.807) is 0 Å². The van der Waals surface area contributed by atoms with Crippen molar-refractivity contribution in [3.05, 3.63) is 64.7 Å². The molecule has 0 spiro atoms. The number of nitrogens with zero attached hydrogens (tertiary/aromatic N) is 3. The maximum Gasteiger partial charge on any atom is 0.204 e. The zero-order valence-corrected chi connectivity index (χ0v) is 15.7. The molecular formula is C22H24N4. The first-order chi connectivity index (χ1) is 12.4. The van der Waals surface area contributed by atoms with Crippen LogP contribution in [0.4, 0.5) is 0 Å². The lowest BCUT2D eigenvalue weighted by molar-refractivity contribution is 0.403. The topological polar surface area (TPSA) is 54.5 Å². The molecule has 1 aliphatic carbocycles. The lowest BCUT2D eigenvalue weighted by Gasteiger charge is -2.22. The summed E-state index contributed by atoms with van der Waals surface area (Å²) in [6.07, 6.45) is 5.53. The Kier molecular flexibility index (Phi) is 3.79. The van der Waals surface area contributed by atoms with E-state index in [0.29, 0.717) is 5.82 Å². The summed E-state index contributed by atoms with van der Waals surface area (Å²) in [5, 5.41) is 14.1. The first kappa shape index (κ1) is 16.7. The quantitative estimate of drug-likeness (QED) is 0.681. The van der Waals surface area contributed by atoms with Crippen LogP contribution in [0.1, 0.15) is 56.4 Å². The monoisotopic (exact) mass is 344 g/mol. The summed E-state index contributed by atoms with van der Waals surface area (Å²) in [5.41, 5.74) is 6.81. The molecule has 26 heavy (non-hydrogen) atoms. The van der Waals surface area contributed by atoms with Crippen LogP contribution in [-0.2, 0) is 10.8 Å². The molecule has 0 unspecified atom stereocenters. The van der Waals surface area contributed by atoms with E-state index in [1.165, 1.54) is 23.1 Å². The van der Waals surface area contributed by atoms with Gasteiger partial charge in [-0.2, -0.15) is 5.21 Å². The Morgan fingerprint density at radius 3 is 2.19 bits per heavy atom. The zero-order valence-electron chi connectivity index (χ0n) is 15.7. The number of benzene rings is 2. The second-order valence-electron chi connectivity index (χ2n) is 8.44. The van der Waals surface area contributed by atoms with E-state index in [-0.39, 0.29) is 10.8 Å². The van der Waals surface area contributed by atoms with Gasteiger partial charge in [-0.15, -0.1) is 10.2 Å². The lowest BCUT2D eigenvalue weighted by atomic mass is 9.82. The molecule has 2 aromatic carbocycles. The van der Waals surface area contributed by atoms with Gasteiger partial charge >= 0.3 is 0 Å². The third kappa shape index (κ3) is 2.96. The summed E-state index contributed by atoms with van der Waals surface area (Å²) in [4.78, 5) is 0. The van der Waals surface area contributed by atoms with Crippen molar-refractivity contribution in [1.82, 2.24) is 20.6 Å². The predicted octanol–water partition coefficient (Wildman–Crippen LogP) is 5.00. The van der Waals surface area contributed by atoms with E-state index in [2.05, 4.69) is 90.8 Å². The van der Waals surface area contributed by atoms with Gasteiger partial charge in [0, 0.05) is 5.56 Å². The van der Waals surface area contributed by atoms with Crippen LogP contribution in [0.5, 0.6) is 0 Å². The molecule has 0 atom stereocenters. The summed E-state index contributed by atoms with van der Waals surface area (Å²) in [5.74, 6) is 0.615. The van der Waals surface area contributed by atoms with Crippen LogP contribution in [0.15, 0.2) is 42.5 Å². The van der Waals surface area contributed by atoms with Gasteiger partial charge in [0.15, 0.2) is 0 Å². The van der Waals surface area contributed by atoms with Crippen molar-refractivity contribution in [2.45, 2.75) is 44.9 Å². The number of hydrogen-bond acceptors (Lipinski definition) is 3. The number of nitrogens with one attached hydrogen (secondary N) is 1. The van der Waals surface area contributed by atoms with Crippen molar-refractivity contribution in [2.75, 3.05) is 0 Å². The summed E-state index contributed by atoms with van der Waals surface area (Å²) in [6, 6.07) is 15.1. The van der Waals surface area contributed by atoms with E-state index < -0.39 is 0 Å². The van der Waals surface area contributed by atoms with Crippen molar-refractivity contribution >= 4 is 12.2 Å². The Labute approximate surface area is 154 Å². The molecule has 0 saturated carbocycles. The van der Waals surface area contributed by atoms with Crippen LogP contribution in [0.2, 0.25) is 0 Å². The Balaban J connectivity index is 1.58. The lowest BCUT2D eigenvalue weighted by Crippen LogP contribution is -2.17. The highest BCUT2D eigenvalue weighted by Crippen LogP contribution is 2.49.